The van der Waals surface area contributed by atoms with Gasteiger partial charge in [-0.25, -0.2) is 4.57 Å². The van der Waals surface area contributed by atoms with E-state index < -0.39 is 75.7 Å². The fourth-order valence-electron chi connectivity index (χ4n) is 7.06. The number of carbonyl (C=O) groups is 2. The fraction of sp³-hybridized carbons (Fsp3) is 0.686. The average Bonchev–Trinajstić information content (AvgIpc) is 4.06. The second-order valence-corrected chi connectivity index (χ2v) is 18.4. The molecule has 1 heterocycles. The van der Waals surface area contributed by atoms with Crippen LogP contribution >= 0.6 is 7.82 Å². The molecule has 2 aliphatic rings. The SMILES string of the molecule is CCCCC/C=C\C/C=C\C/C=C\C/C=C\CCCCCC(=O)O[C@H](COC(=O)CCC/C=C\C/C=C\C/C=C\CC1OC1CCCCC)COP(=O)(O)OC1[C@H](O)[C@H](O)C(O)[C@H](O)[C@H]1O. The molecule has 0 bridgehead atoms. The summed E-state index contributed by atoms with van der Waals surface area (Å²) in [5.41, 5.74) is 0. The van der Waals surface area contributed by atoms with E-state index in [0.717, 1.165) is 70.6 Å². The first kappa shape index (κ1) is 59.1. The van der Waals surface area contributed by atoms with Crippen LogP contribution in [-0.2, 0) is 37.4 Å². The predicted octanol–water partition coefficient (Wildman–Crippen LogP) is 9.04. The highest BCUT2D eigenvalue weighted by atomic mass is 31.2. The van der Waals surface area contributed by atoms with Crippen LogP contribution in [0.5, 0.6) is 0 Å². The van der Waals surface area contributed by atoms with Gasteiger partial charge in [-0.2, -0.15) is 0 Å². The highest BCUT2D eigenvalue weighted by molar-refractivity contribution is 7.47. The molecule has 0 aromatic heterocycles. The Balaban J connectivity index is 1.73. The van der Waals surface area contributed by atoms with E-state index in [0.29, 0.717) is 31.5 Å². The first-order chi connectivity index (χ1) is 31.9. The maximum absolute atomic E-state index is 12.8. The molecule has 15 heteroatoms. The van der Waals surface area contributed by atoms with Crippen molar-refractivity contribution in [1.29, 1.82) is 0 Å². The second kappa shape index (κ2) is 37.0. The summed E-state index contributed by atoms with van der Waals surface area (Å²) < 4.78 is 39.2. The summed E-state index contributed by atoms with van der Waals surface area (Å²) in [6.45, 7) is 3.16. The minimum atomic E-state index is -5.15. The lowest BCUT2D eigenvalue weighted by Crippen LogP contribution is -2.64. The summed E-state index contributed by atoms with van der Waals surface area (Å²) in [5, 5.41) is 50.2. The Labute approximate surface area is 394 Å². The molecule has 2 rings (SSSR count). The molecule has 10 atom stereocenters. The molecule has 0 spiro atoms. The van der Waals surface area contributed by atoms with Crippen molar-refractivity contribution in [3.63, 3.8) is 0 Å². The van der Waals surface area contributed by atoms with E-state index >= 15 is 0 Å². The van der Waals surface area contributed by atoms with Crippen LogP contribution in [0, 0.1) is 0 Å². The minimum absolute atomic E-state index is 0.0403. The van der Waals surface area contributed by atoms with Gasteiger partial charge in [-0.3, -0.25) is 18.6 Å². The lowest BCUT2D eigenvalue weighted by molar-refractivity contribution is -0.220. The van der Waals surface area contributed by atoms with Gasteiger partial charge in [0.05, 0.1) is 18.8 Å². The van der Waals surface area contributed by atoms with Gasteiger partial charge in [-0.1, -0.05) is 137 Å². The van der Waals surface area contributed by atoms with E-state index in [1.165, 1.54) is 38.5 Å². The van der Waals surface area contributed by atoms with E-state index in [2.05, 4.69) is 86.8 Å². The van der Waals surface area contributed by atoms with Crippen LogP contribution in [0.3, 0.4) is 0 Å². The minimum Gasteiger partial charge on any atom is -0.462 e. The summed E-state index contributed by atoms with van der Waals surface area (Å²) in [6, 6.07) is 0. The Kier molecular flexibility index (Phi) is 33.1. The Morgan fingerprint density at radius 1 is 0.545 bits per heavy atom. The number of esters is 2. The summed E-state index contributed by atoms with van der Waals surface area (Å²) in [7, 11) is -5.15. The second-order valence-electron chi connectivity index (χ2n) is 17.0. The third kappa shape index (κ3) is 28.3. The zero-order valence-electron chi connectivity index (χ0n) is 39.6. The number of phosphoric ester groups is 1. The Bertz CT molecular complexity index is 1540. The number of unbranched alkanes of at least 4 members (excludes halogenated alkanes) is 9. The number of epoxide rings is 1. The number of hydrogen-bond acceptors (Lipinski definition) is 13. The monoisotopic (exact) mass is 951 g/mol. The highest BCUT2D eigenvalue weighted by Crippen LogP contribution is 2.47. The van der Waals surface area contributed by atoms with E-state index in [1.54, 1.807) is 0 Å². The van der Waals surface area contributed by atoms with Gasteiger partial charge in [0.1, 0.15) is 43.2 Å². The molecule has 0 aromatic rings. The molecule has 0 amide bonds. The van der Waals surface area contributed by atoms with Crippen molar-refractivity contribution >= 4 is 19.8 Å². The van der Waals surface area contributed by atoms with Crippen LogP contribution in [0.2, 0.25) is 0 Å². The number of aliphatic hydroxyl groups excluding tert-OH is 5. The van der Waals surface area contributed by atoms with E-state index in [9.17, 15) is 44.6 Å². The summed E-state index contributed by atoms with van der Waals surface area (Å²) in [4.78, 5) is 35.8. The van der Waals surface area contributed by atoms with Crippen LogP contribution in [0.4, 0.5) is 0 Å². The van der Waals surface area contributed by atoms with Gasteiger partial charge in [0.25, 0.3) is 0 Å². The van der Waals surface area contributed by atoms with Crippen molar-refractivity contribution in [1.82, 2.24) is 0 Å². The first-order valence-electron chi connectivity index (χ1n) is 24.5. The zero-order chi connectivity index (χ0) is 48.3. The van der Waals surface area contributed by atoms with Crippen molar-refractivity contribution in [2.24, 2.45) is 0 Å². The number of phosphoric acid groups is 1. The van der Waals surface area contributed by atoms with Crippen molar-refractivity contribution in [2.75, 3.05) is 13.2 Å². The van der Waals surface area contributed by atoms with Crippen molar-refractivity contribution in [2.45, 2.75) is 210 Å². The molecule has 1 aliphatic heterocycles. The van der Waals surface area contributed by atoms with Crippen molar-refractivity contribution in [3.05, 3.63) is 85.1 Å². The van der Waals surface area contributed by atoms with Crippen LogP contribution in [0.15, 0.2) is 85.1 Å². The lowest BCUT2D eigenvalue weighted by Gasteiger charge is -2.41. The zero-order valence-corrected chi connectivity index (χ0v) is 40.5. The molecule has 6 N–H and O–H groups in total. The Morgan fingerprint density at radius 3 is 1.58 bits per heavy atom. The van der Waals surface area contributed by atoms with E-state index in [4.69, 9.17) is 23.3 Å². The number of ether oxygens (including phenoxy) is 3. The van der Waals surface area contributed by atoms with Crippen LogP contribution in [-0.4, -0.2) is 111 Å². The molecular weight excluding hydrogens is 868 g/mol. The Hall–Kier alpha value is -3.01. The quantitative estimate of drug-likeness (QED) is 0.0112. The fourth-order valence-corrected chi connectivity index (χ4v) is 8.03. The number of aliphatic hydroxyl groups is 5. The number of carbonyl (C=O) groups excluding carboxylic acids is 2. The maximum Gasteiger partial charge on any atom is 0.472 e. The summed E-state index contributed by atoms with van der Waals surface area (Å²) in [5.74, 6) is -1.21. The maximum atomic E-state index is 12.8. The van der Waals surface area contributed by atoms with E-state index in [-0.39, 0.29) is 12.8 Å². The van der Waals surface area contributed by atoms with Gasteiger partial charge >= 0.3 is 19.8 Å². The molecule has 14 nitrogen and oxygen atoms in total. The van der Waals surface area contributed by atoms with Crippen LogP contribution in [0.1, 0.15) is 155 Å². The first-order valence-corrected chi connectivity index (χ1v) is 26.0. The largest absolute Gasteiger partial charge is 0.472 e. The number of allylic oxidation sites excluding steroid dienone is 13. The smallest absolute Gasteiger partial charge is 0.462 e. The predicted molar refractivity (Wildman–Crippen MR) is 257 cm³/mol. The van der Waals surface area contributed by atoms with Crippen molar-refractivity contribution < 1.29 is 67.8 Å². The highest BCUT2D eigenvalue weighted by Gasteiger charge is 2.51. The lowest BCUT2D eigenvalue weighted by atomic mass is 9.85. The molecule has 0 radical (unpaired) electrons. The van der Waals surface area contributed by atoms with Crippen LogP contribution in [0.25, 0.3) is 0 Å². The third-order valence-electron chi connectivity index (χ3n) is 11.1. The van der Waals surface area contributed by atoms with Gasteiger partial charge in [0.2, 0.25) is 0 Å². The van der Waals surface area contributed by atoms with E-state index in [1.807, 2.05) is 12.2 Å². The van der Waals surface area contributed by atoms with Gasteiger partial charge in [-0.05, 0) is 89.9 Å². The molecule has 2 fully saturated rings. The molecule has 376 valence electrons. The molecule has 5 unspecified atom stereocenters. The van der Waals surface area contributed by atoms with Gasteiger partial charge in [-0.15, -0.1) is 0 Å². The molecular formula is C51H83O14P. The van der Waals surface area contributed by atoms with Crippen LogP contribution < -0.4 is 0 Å². The molecule has 1 saturated heterocycles. The summed E-state index contributed by atoms with van der Waals surface area (Å²) >= 11 is 0. The average molecular weight is 951 g/mol. The standard InChI is InChI=1S/C51H83O14P/c1-3-5-7-8-9-10-11-12-13-14-15-16-17-18-19-24-27-30-34-38-45(53)63-41(40-62-66(59,60)65-51-49(57)47(55)46(54)48(56)50(51)58)39-61-44(52)37-33-29-26-23-21-20-22-25-28-32-36-43-42(64-43)35-31-6-4-2/h9-10,12-13,15-16,18-20,22-23,26,28,32,41-43,46-51,54-58H,3-8,11,14,17,21,24-25,27,29-31,33-40H2,1-2H3,(H,59,60)/b10-9-,13-12-,16-15-,19-18-,22-20-,26-23-,32-28-/t41-,42?,43?,46?,47-,48+,49-,50-,51?/m1/s1. The Morgan fingerprint density at radius 2 is 1.02 bits per heavy atom. The molecule has 1 saturated carbocycles. The van der Waals surface area contributed by atoms with Gasteiger partial charge in [0, 0.05) is 12.8 Å². The molecule has 66 heavy (non-hydrogen) atoms. The van der Waals surface area contributed by atoms with Gasteiger partial charge < -0.3 is 44.6 Å². The normalized spacial score (nSPS) is 25.1. The molecule has 1 aliphatic carbocycles. The third-order valence-corrected chi connectivity index (χ3v) is 12.1. The van der Waals surface area contributed by atoms with Gasteiger partial charge in [0.15, 0.2) is 6.10 Å². The van der Waals surface area contributed by atoms with Crippen molar-refractivity contribution in [3.8, 4) is 0 Å². The topological polar surface area (TPSA) is 222 Å². The number of hydrogen-bond donors (Lipinski definition) is 6. The summed E-state index contributed by atoms with van der Waals surface area (Å²) in [6.07, 6.45) is 36.6. The number of rotatable bonds is 38. The molecule has 0 aromatic carbocycles.